The lowest BCUT2D eigenvalue weighted by molar-refractivity contribution is -0.123. The van der Waals surface area contributed by atoms with Crippen molar-refractivity contribution in [1.29, 1.82) is 0 Å². The number of aromatic amines is 1. The van der Waals surface area contributed by atoms with Crippen LogP contribution in [0.2, 0.25) is 0 Å². The van der Waals surface area contributed by atoms with Gasteiger partial charge in [0.15, 0.2) is 6.61 Å². The minimum atomic E-state index is -0.180. The Kier molecular flexibility index (Phi) is 6.32. The number of aryl methyl sites for hydroxylation is 2. The minimum absolute atomic E-state index is 0.0239. The van der Waals surface area contributed by atoms with E-state index in [1.807, 2.05) is 62.4 Å². The SMILES string of the molecule is Cc1ccc(OCC(=O)NCCCNC(=O)c2cc3ccccc3[nH]2)cc1C. The van der Waals surface area contributed by atoms with Crippen molar-refractivity contribution in [2.45, 2.75) is 20.3 Å². The molecule has 146 valence electrons. The number of para-hydroxylation sites is 1. The monoisotopic (exact) mass is 379 g/mol. The fourth-order valence-electron chi connectivity index (χ4n) is 2.81. The average molecular weight is 379 g/mol. The molecule has 3 aromatic rings. The van der Waals surface area contributed by atoms with Crippen LogP contribution in [0.4, 0.5) is 0 Å². The highest BCUT2D eigenvalue weighted by Crippen LogP contribution is 2.16. The maximum Gasteiger partial charge on any atom is 0.267 e. The van der Waals surface area contributed by atoms with E-state index in [9.17, 15) is 9.59 Å². The third-order valence-corrected chi connectivity index (χ3v) is 4.58. The molecule has 28 heavy (non-hydrogen) atoms. The van der Waals surface area contributed by atoms with E-state index >= 15 is 0 Å². The Labute approximate surface area is 164 Å². The van der Waals surface area contributed by atoms with E-state index in [0.29, 0.717) is 31.0 Å². The molecule has 0 unspecified atom stereocenters. The van der Waals surface area contributed by atoms with E-state index in [-0.39, 0.29) is 18.4 Å². The quantitative estimate of drug-likeness (QED) is 0.526. The Bertz CT molecular complexity index is 945. The highest BCUT2D eigenvalue weighted by molar-refractivity contribution is 5.97. The van der Waals surface area contributed by atoms with Gasteiger partial charge in [-0.25, -0.2) is 0 Å². The van der Waals surface area contributed by atoms with Gasteiger partial charge in [-0.2, -0.15) is 0 Å². The number of rotatable bonds is 8. The first-order chi connectivity index (χ1) is 13.5. The van der Waals surface area contributed by atoms with Crippen LogP contribution in [0.5, 0.6) is 5.75 Å². The molecule has 0 saturated carbocycles. The molecule has 0 bridgehead atoms. The molecule has 0 saturated heterocycles. The molecule has 0 atom stereocenters. The molecule has 0 aliphatic carbocycles. The molecule has 1 heterocycles. The maximum atomic E-state index is 12.2. The molecular weight excluding hydrogens is 354 g/mol. The van der Waals surface area contributed by atoms with Gasteiger partial charge in [0.1, 0.15) is 11.4 Å². The molecule has 2 aromatic carbocycles. The molecule has 0 aliphatic heterocycles. The van der Waals surface area contributed by atoms with E-state index in [0.717, 1.165) is 16.5 Å². The van der Waals surface area contributed by atoms with Gasteiger partial charge < -0.3 is 20.4 Å². The van der Waals surface area contributed by atoms with Crippen molar-refractivity contribution in [3.05, 3.63) is 65.4 Å². The van der Waals surface area contributed by atoms with Crippen LogP contribution >= 0.6 is 0 Å². The van der Waals surface area contributed by atoms with Gasteiger partial charge >= 0.3 is 0 Å². The van der Waals surface area contributed by atoms with Crippen molar-refractivity contribution in [3.63, 3.8) is 0 Å². The molecule has 6 heteroatoms. The van der Waals surface area contributed by atoms with Crippen LogP contribution in [0, 0.1) is 13.8 Å². The number of carbonyl (C=O) groups excluding carboxylic acids is 2. The van der Waals surface area contributed by atoms with Crippen LogP contribution in [0.15, 0.2) is 48.5 Å². The van der Waals surface area contributed by atoms with Crippen molar-refractivity contribution in [1.82, 2.24) is 15.6 Å². The number of benzene rings is 2. The summed E-state index contributed by atoms with van der Waals surface area (Å²) in [6.45, 7) is 4.97. The first kappa shape index (κ1) is 19.5. The molecule has 0 spiro atoms. The first-order valence-corrected chi connectivity index (χ1v) is 9.35. The highest BCUT2D eigenvalue weighted by atomic mass is 16.5. The van der Waals surface area contributed by atoms with Crippen LogP contribution < -0.4 is 15.4 Å². The van der Waals surface area contributed by atoms with E-state index in [2.05, 4.69) is 15.6 Å². The normalized spacial score (nSPS) is 10.6. The van der Waals surface area contributed by atoms with Crippen molar-refractivity contribution in [3.8, 4) is 5.75 Å². The van der Waals surface area contributed by atoms with Crippen LogP contribution in [0.1, 0.15) is 28.0 Å². The summed E-state index contributed by atoms with van der Waals surface area (Å²) >= 11 is 0. The Morgan fingerprint density at radius 2 is 1.75 bits per heavy atom. The van der Waals surface area contributed by atoms with Crippen molar-refractivity contribution >= 4 is 22.7 Å². The van der Waals surface area contributed by atoms with E-state index < -0.39 is 0 Å². The summed E-state index contributed by atoms with van der Waals surface area (Å²) in [6.07, 6.45) is 0.640. The number of nitrogens with one attached hydrogen (secondary N) is 3. The standard InChI is InChI=1S/C22H25N3O3/c1-15-8-9-18(12-16(15)2)28-14-21(26)23-10-5-11-24-22(27)20-13-17-6-3-4-7-19(17)25-20/h3-4,6-9,12-13,25H,5,10-11,14H2,1-2H3,(H,23,26)(H,24,27). The van der Waals surface area contributed by atoms with E-state index in [1.165, 1.54) is 5.56 Å². The summed E-state index contributed by atoms with van der Waals surface area (Å²) in [6, 6.07) is 15.3. The van der Waals surface area contributed by atoms with Crippen LogP contribution in [-0.4, -0.2) is 36.5 Å². The second-order valence-electron chi connectivity index (χ2n) is 6.76. The fourth-order valence-corrected chi connectivity index (χ4v) is 2.81. The molecule has 2 amide bonds. The molecule has 0 fully saturated rings. The van der Waals surface area contributed by atoms with Crippen LogP contribution in [0.25, 0.3) is 10.9 Å². The average Bonchev–Trinajstić information content (AvgIpc) is 3.13. The third kappa shape index (κ3) is 5.13. The number of amides is 2. The summed E-state index contributed by atoms with van der Waals surface area (Å²) in [4.78, 5) is 27.1. The second-order valence-corrected chi connectivity index (χ2v) is 6.76. The lowest BCUT2D eigenvalue weighted by Crippen LogP contribution is -2.32. The zero-order valence-electron chi connectivity index (χ0n) is 16.2. The lowest BCUT2D eigenvalue weighted by Gasteiger charge is -2.09. The van der Waals surface area contributed by atoms with Crippen LogP contribution in [-0.2, 0) is 4.79 Å². The number of hydrogen-bond donors (Lipinski definition) is 3. The van der Waals surface area contributed by atoms with Gasteiger partial charge in [-0.15, -0.1) is 0 Å². The molecule has 0 aliphatic rings. The van der Waals surface area contributed by atoms with Gasteiger partial charge in [0.25, 0.3) is 11.8 Å². The Morgan fingerprint density at radius 3 is 2.54 bits per heavy atom. The Morgan fingerprint density at radius 1 is 0.964 bits per heavy atom. The number of hydrogen-bond acceptors (Lipinski definition) is 3. The smallest absolute Gasteiger partial charge is 0.267 e. The molecule has 3 rings (SSSR count). The van der Waals surface area contributed by atoms with Gasteiger partial charge in [0.05, 0.1) is 0 Å². The van der Waals surface area contributed by atoms with Gasteiger partial charge in [-0.1, -0.05) is 24.3 Å². The van der Waals surface area contributed by atoms with Crippen molar-refractivity contribution in [2.24, 2.45) is 0 Å². The molecular formula is C22H25N3O3. The highest BCUT2D eigenvalue weighted by Gasteiger charge is 2.08. The number of aromatic nitrogens is 1. The van der Waals surface area contributed by atoms with Gasteiger partial charge in [-0.3, -0.25) is 9.59 Å². The lowest BCUT2D eigenvalue weighted by atomic mass is 10.1. The van der Waals surface area contributed by atoms with Gasteiger partial charge in [0.2, 0.25) is 0 Å². The number of H-pyrrole nitrogens is 1. The molecule has 0 radical (unpaired) electrons. The predicted octanol–water partition coefficient (Wildman–Crippen LogP) is 3.10. The fraction of sp³-hybridized carbons (Fsp3) is 0.273. The largest absolute Gasteiger partial charge is 0.484 e. The molecule has 6 nitrogen and oxygen atoms in total. The van der Waals surface area contributed by atoms with Crippen molar-refractivity contribution in [2.75, 3.05) is 19.7 Å². The summed E-state index contributed by atoms with van der Waals surface area (Å²) in [5, 5.41) is 6.64. The van der Waals surface area contributed by atoms with Gasteiger partial charge in [-0.05, 0) is 55.7 Å². The molecule has 3 N–H and O–H groups in total. The Balaban J connectivity index is 1.33. The molecule has 1 aromatic heterocycles. The zero-order valence-corrected chi connectivity index (χ0v) is 16.2. The van der Waals surface area contributed by atoms with Gasteiger partial charge in [0, 0.05) is 24.0 Å². The summed E-state index contributed by atoms with van der Waals surface area (Å²) < 4.78 is 5.50. The van der Waals surface area contributed by atoms with Crippen molar-refractivity contribution < 1.29 is 14.3 Å². The maximum absolute atomic E-state index is 12.2. The summed E-state index contributed by atoms with van der Waals surface area (Å²) in [7, 11) is 0. The number of carbonyl (C=O) groups is 2. The van der Waals surface area contributed by atoms with E-state index in [1.54, 1.807) is 0 Å². The minimum Gasteiger partial charge on any atom is -0.484 e. The first-order valence-electron chi connectivity index (χ1n) is 9.35. The summed E-state index contributed by atoms with van der Waals surface area (Å²) in [5.41, 5.74) is 3.78. The third-order valence-electron chi connectivity index (χ3n) is 4.58. The van der Waals surface area contributed by atoms with Crippen LogP contribution in [0.3, 0.4) is 0 Å². The predicted molar refractivity (Wildman–Crippen MR) is 110 cm³/mol. The Hall–Kier alpha value is -3.28. The number of ether oxygens (including phenoxy) is 1. The summed E-state index contributed by atoms with van der Waals surface area (Å²) in [5.74, 6) is 0.352. The zero-order chi connectivity index (χ0) is 19.9. The number of fused-ring (bicyclic) bond motifs is 1. The second kappa shape index (κ2) is 9.08. The topological polar surface area (TPSA) is 83.2 Å². The van der Waals surface area contributed by atoms with E-state index in [4.69, 9.17) is 4.74 Å².